The predicted molar refractivity (Wildman–Crippen MR) is 144 cm³/mol. The highest BCUT2D eigenvalue weighted by Crippen LogP contribution is 2.53. The van der Waals surface area contributed by atoms with Gasteiger partial charge in [0.25, 0.3) is 0 Å². The largest absolute Gasteiger partial charge is 0.307 e. The Morgan fingerprint density at radius 2 is 1.21 bits per heavy atom. The number of hydrogen-bond acceptors (Lipinski definition) is 0. The summed E-state index contributed by atoms with van der Waals surface area (Å²) >= 11 is 3.70. The van der Waals surface area contributed by atoms with E-state index in [9.17, 15) is 0 Å². The summed E-state index contributed by atoms with van der Waals surface area (Å²) in [6, 6.07) is 31.7. The molecule has 7 aromatic rings. The molecule has 1 aliphatic rings. The van der Waals surface area contributed by atoms with E-state index in [0.717, 1.165) is 4.47 Å². The van der Waals surface area contributed by atoms with E-state index in [1.807, 2.05) is 0 Å². The molecule has 2 heterocycles. The van der Waals surface area contributed by atoms with E-state index in [1.54, 1.807) is 0 Å². The maximum atomic E-state index is 3.70. The van der Waals surface area contributed by atoms with Gasteiger partial charge in [-0.25, -0.2) is 0 Å². The van der Waals surface area contributed by atoms with Crippen LogP contribution in [0, 0.1) is 0 Å². The van der Waals surface area contributed by atoms with Gasteiger partial charge in [-0.2, -0.15) is 0 Å². The van der Waals surface area contributed by atoms with Gasteiger partial charge in [-0.3, -0.25) is 0 Å². The summed E-state index contributed by atoms with van der Waals surface area (Å²) in [4.78, 5) is 0. The third-order valence-electron chi connectivity index (χ3n) is 7.95. The quantitative estimate of drug-likeness (QED) is 0.201. The van der Waals surface area contributed by atoms with Crippen molar-refractivity contribution in [2.24, 2.45) is 0 Å². The van der Waals surface area contributed by atoms with Crippen LogP contribution >= 0.6 is 15.9 Å². The summed E-state index contributed by atoms with van der Waals surface area (Å²) in [6.45, 7) is 4.74. The van der Waals surface area contributed by atoms with Gasteiger partial charge in [0.1, 0.15) is 0 Å². The lowest BCUT2D eigenvalue weighted by Crippen LogP contribution is -2.15. The van der Waals surface area contributed by atoms with Crippen LogP contribution in [0.4, 0.5) is 0 Å². The Morgan fingerprint density at radius 3 is 2.06 bits per heavy atom. The fraction of sp³-hybridized carbons (Fsp3) is 0.0968. The highest BCUT2D eigenvalue weighted by Gasteiger charge is 2.37. The van der Waals surface area contributed by atoms with Crippen molar-refractivity contribution < 1.29 is 0 Å². The van der Waals surface area contributed by atoms with Crippen molar-refractivity contribution >= 4 is 64.8 Å². The molecule has 8 rings (SSSR count). The van der Waals surface area contributed by atoms with Gasteiger partial charge in [-0.05, 0) is 45.8 Å². The molecule has 0 N–H and O–H groups in total. The van der Waals surface area contributed by atoms with Crippen LogP contribution in [-0.4, -0.2) is 4.40 Å². The second kappa shape index (κ2) is 5.76. The monoisotopic (exact) mass is 485 g/mol. The summed E-state index contributed by atoms with van der Waals surface area (Å²) in [6.07, 6.45) is 0. The zero-order chi connectivity index (χ0) is 22.1. The van der Waals surface area contributed by atoms with Crippen LogP contribution in [0.5, 0.6) is 0 Å². The fourth-order valence-corrected chi connectivity index (χ4v) is 6.98. The van der Waals surface area contributed by atoms with Crippen molar-refractivity contribution in [3.05, 3.63) is 101 Å². The SMILES string of the molecule is CC1(C)c2cc(Br)ccc2-c2ccc3c(ccc4c5cccc6c7ccccc7n(c34)c65)c21. The summed E-state index contributed by atoms with van der Waals surface area (Å²) in [7, 11) is 0. The summed E-state index contributed by atoms with van der Waals surface area (Å²) in [5, 5.41) is 8.05. The smallest absolute Gasteiger partial charge is 0.0620 e. The number of hydrogen-bond donors (Lipinski definition) is 0. The van der Waals surface area contributed by atoms with E-state index in [2.05, 4.69) is 119 Å². The standard InChI is InChI=1S/C31H20BrN/c1-31(2)26-16-17(32)10-11-18(26)20-12-14-24-21(28(20)31)13-15-25-23-8-5-7-22-19-6-3-4-9-27(19)33(29(22)23)30(24)25/h3-16H,1-2H3. The highest BCUT2D eigenvalue weighted by atomic mass is 79.9. The number of nitrogens with zero attached hydrogens (tertiary/aromatic N) is 1. The highest BCUT2D eigenvalue weighted by molar-refractivity contribution is 9.10. The lowest BCUT2D eigenvalue weighted by atomic mass is 9.80. The Morgan fingerprint density at radius 1 is 0.606 bits per heavy atom. The molecule has 0 fully saturated rings. The zero-order valence-corrected chi connectivity index (χ0v) is 20.0. The summed E-state index contributed by atoms with van der Waals surface area (Å²) < 4.78 is 3.65. The van der Waals surface area contributed by atoms with Gasteiger partial charge in [0.15, 0.2) is 0 Å². The normalized spacial score (nSPS) is 14.8. The number of aromatic nitrogens is 1. The van der Waals surface area contributed by atoms with Crippen molar-refractivity contribution in [2.45, 2.75) is 19.3 Å². The molecule has 0 radical (unpaired) electrons. The number of fused-ring (bicyclic) bond motifs is 12. The van der Waals surface area contributed by atoms with Gasteiger partial charge in [-0.15, -0.1) is 0 Å². The van der Waals surface area contributed by atoms with Crippen LogP contribution in [0.1, 0.15) is 25.0 Å². The molecule has 156 valence electrons. The van der Waals surface area contributed by atoms with Gasteiger partial charge in [0.2, 0.25) is 0 Å². The van der Waals surface area contributed by atoms with Crippen LogP contribution < -0.4 is 0 Å². The van der Waals surface area contributed by atoms with E-state index in [4.69, 9.17) is 0 Å². The number of halogens is 1. The average Bonchev–Trinajstić information content (AvgIpc) is 3.42. The Balaban J connectivity index is 1.61. The molecular weight excluding hydrogens is 466 g/mol. The fourth-order valence-electron chi connectivity index (χ4n) is 6.62. The van der Waals surface area contributed by atoms with Crippen molar-refractivity contribution in [1.82, 2.24) is 4.40 Å². The lowest BCUT2D eigenvalue weighted by molar-refractivity contribution is 0.666. The number of rotatable bonds is 0. The Bertz CT molecular complexity index is 1950. The molecule has 2 aromatic heterocycles. The molecule has 0 amide bonds. The molecular formula is C31H20BrN. The van der Waals surface area contributed by atoms with E-state index >= 15 is 0 Å². The van der Waals surface area contributed by atoms with Crippen molar-refractivity contribution in [1.29, 1.82) is 0 Å². The van der Waals surface area contributed by atoms with E-state index in [-0.39, 0.29) is 5.41 Å². The molecule has 0 saturated heterocycles. The second-order valence-corrected chi connectivity index (χ2v) is 10.8. The number of benzene rings is 5. The van der Waals surface area contributed by atoms with Gasteiger partial charge >= 0.3 is 0 Å². The zero-order valence-electron chi connectivity index (χ0n) is 18.4. The van der Waals surface area contributed by atoms with Crippen molar-refractivity contribution in [3.8, 4) is 11.1 Å². The molecule has 0 atom stereocenters. The molecule has 0 spiro atoms. The molecule has 5 aromatic carbocycles. The van der Waals surface area contributed by atoms with E-state index in [0.29, 0.717) is 0 Å². The van der Waals surface area contributed by atoms with Crippen molar-refractivity contribution in [3.63, 3.8) is 0 Å². The van der Waals surface area contributed by atoms with Crippen LogP contribution in [0.3, 0.4) is 0 Å². The maximum absolute atomic E-state index is 3.70. The molecule has 0 aliphatic heterocycles. The first kappa shape index (κ1) is 18.1. The minimum atomic E-state index is -0.0538. The van der Waals surface area contributed by atoms with Gasteiger partial charge in [0.05, 0.1) is 16.6 Å². The minimum Gasteiger partial charge on any atom is -0.307 e. The maximum Gasteiger partial charge on any atom is 0.0620 e. The predicted octanol–water partition coefficient (Wildman–Crippen LogP) is 9.06. The van der Waals surface area contributed by atoms with Crippen LogP contribution in [-0.2, 0) is 5.41 Å². The van der Waals surface area contributed by atoms with Crippen LogP contribution in [0.15, 0.2) is 89.4 Å². The molecule has 1 nitrogen and oxygen atoms in total. The molecule has 33 heavy (non-hydrogen) atoms. The minimum absolute atomic E-state index is 0.0538. The summed E-state index contributed by atoms with van der Waals surface area (Å²) in [5.74, 6) is 0. The first-order valence-corrected chi connectivity index (χ1v) is 12.3. The first-order valence-electron chi connectivity index (χ1n) is 11.5. The van der Waals surface area contributed by atoms with Crippen LogP contribution in [0.2, 0.25) is 0 Å². The molecule has 0 unspecified atom stereocenters. The Hall–Kier alpha value is -3.36. The van der Waals surface area contributed by atoms with Crippen molar-refractivity contribution in [2.75, 3.05) is 0 Å². The summed E-state index contributed by atoms with van der Waals surface area (Å²) in [5.41, 5.74) is 9.48. The molecule has 1 aliphatic carbocycles. The van der Waals surface area contributed by atoms with Crippen LogP contribution in [0.25, 0.3) is 60.0 Å². The van der Waals surface area contributed by atoms with E-state index in [1.165, 1.54) is 71.1 Å². The second-order valence-electron chi connectivity index (χ2n) is 9.91. The Labute approximate surface area is 199 Å². The molecule has 2 heteroatoms. The first-order chi connectivity index (χ1) is 16.1. The average molecular weight is 486 g/mol. The Kier molecular flexibility index (Phi) is 3.16. The third-order valence-corrected chi connectivity index (χ3v) is 8.44. The van der Waals surface area contributed by atoms with E-state index < -0.39 is 0 Å². The van der Waals surface area contributed by atoms with Gasteiger partial charge < -0.3 is 4.40 Å². The third kappa shape index (κ3) is 2.01. The number of para-hydroxylation sites is 2. The lowest BCUT2D eigenvalue weighted by Gasteiger charge is -2.23. The topological polar surface area (TPSA) is 4.41 Å². The van der Waals surface area contributed by atoms with Gasteiger partial charge in [0, 0.05) is 36.8 Å². The molecule has 0 saturated carbocycles. The van der Waals surface area contributed by atoms with Gasteiger partial charge in [-0.1, -0.05) is 96.5 Å². The molecule has 0 bridgehead atoms.